The summed E-state index contributed by atoms with van der Waals surface area (Å²) in [5, 5.41) is 0. The zero-order chi connectivity index (χ0) is 8.04. The van der Waals surface area contributed by atoms with Crippen molar-refractivity contribution in [3.8, 4) is 11.8 Å². The van der Waals surface area contributed by atoms with Crippen molar-refractivity contribution in [1.29, 1.82) is 0 Å². The molecule has 0 aliphatic rings. The average molecular weight is 161 g/mol. The molecule has 0 bridgehead atoms. The molecule has 10 heavy (non-hydrogen) atoms. The summed E-state index contributed by atoms with van der Waals surface area (Å²) in [6.07, 6.45) is 0.846. The predicted octanol–water partition coefficient (Wildman–Crippen LogP) is 0.550. The van der Waals surface area contributed by atoms with E-state index in [4.69, 9.17) is 0 Å². The zero-order valence-corrected chi connectivity index (χ0v) is 6.57. The Labute approximate surface area is 61.2 Å². The molecule has 0 rings (SSSR count). The molecule has 57 valence electrons. The zero-order valence-electron chi connectivity index (χ0n) is 5.75. The molecule has 0 aromatic carbocycles. The lowest BCUT2D eigenvalue weighted by molar-refractivity contribution is 0.414. The van der Waals surface area contributed by atoms with Crippen LogP contribution in [0.4, 0.5) is 0 Å². The Morgan fingerprint density at radius 3 is 2.30 bits per heavy atom. The van der Waals surface area contributed by atoms with Gasteiger partial charge in [-0.2, -0.15) is 8.42 Å². The first-order valence-electron chi connectivity index (χ1n) is 2.95. The summed E-state index contributed by atoms with van der Waals surface area (Å²) in [5.74, 6) is 4.85. The Morgan fingerprint density at radius 1 is 1.30 bits per heavy atom. The Balaban J connectivity index is 3.58. The molecule has 0 heterocycles. The van der Waals surface area contributed by atoms with E-state index in [0.717, 1.165) is 0 Å². The second kappa shape index (κ2) is 4.31. The molecule has 0 aromatic rings. The Kier molecular flexibility index (Phi) is 4.08. The van der Waals surface area contributed by atoms with Gasteiger partial charge in [-0.3, -0.25) is 0 Å². The highest BCUT2D eigenvalue weighted by atomic mass is 32.2. The molecule has 0 fully saturated rings. The highest BCUT2D eigenvalue weighted by Gasteiger charge is 2.02. The third kappa shape index (κ3) is 7.47. The van der Waals surface area contributed by atoms with Gasteiger partial charge in [0.05, 0.1) is 5.75 Å². The lowest BCUT2D eigenvalue weighted by Gasteiger charge is -1.84. The van der Waals surface area contributed by atoms with Crippen LogP contribution in [0.2, 0.25) is 0 Å². The molecule has 0 aliphatic carbocycles. The Bertz CT molecular complexity index is 229. The summed E-state index contributed by atoms with van der Waals surface area (Å²) >= 11 is 0. The molecule has 0 aliphatic heterocycles. The quantitative estimate of drug-likeness (QED) is 0.555. The third-order valence-electron chi connectivity index (χ3n) is 0.779. The number of hydrogen-bond donors (Lipinski definition) is 0. The first-order valence-corrected chi connectivity index (χ1v) is 4.53. The second-order valence-electron chi connectivity index (χ2n) is 1.72. The predicted molar refractivity (Wildman–Crippen MR) is 37.2 cm³/mol. The molecule has 0 unspecified atom stereocenters. The van der Waals surface area contributed by atoms with Crippen molar-refractivity contribution in [2.75, 3.05) is 5.75 Å². The van der Waals surface area contributed by atoms with Gasteiger partial charge < -0.3 is 0 Å². The fourth-order valence-corrected chi connectivity index (χ4v) is 0.741. The molecule has 3 nitrogen and oxygen atoms in total. The molecule has 0 atom stereocenters. The van der Waals surface area contributed by atoms with E-state index in [2.05, 4.69) is 11.8 Å². The summed E-state index contributed by atoms with van der Waals surface area (Å²) in [7, 11) is -4.06. The number of rotatable bonds is 2. The van der Waals surface area contributed by atoms with Crippen LogP contribution in [0.3, 0.4) is 0 Å². The SMILES string of the molecule is CCC#CCCS([O])(=O)=O. The fraction of sp³-hybridized carbons (Fsp3) is 0.667. The summed E-state index contributed by atoms with van der Waals surface area (Å²) in [6, 6.07) is 0. The van der Waals surface area contributed by atoms with E-state index < -0.39 is 10.1 Å². The molecule has 0 saturated carbocycles. The highest BCUT2D eigenvalue weighted by Crippen LogP contribution is 1.86. The highest BCUT2D eigenvalue weighted by molar-refractivity contribution is 7.85. The minimum absolute atomic E-state index is 0.152. The third-order valence-corrected chi connectivity index (χ3v) is 1.48. The summed E-state index contributed by atoms with van der Waals surface area (Å²) in [5.41, 5.74) is 0. The van der Waals surface area contributed by atoms with E-state index in [1.807, 2.05) is 6.92 Å². The maximum absolute atomic E-state index is 9.97. The van der Waals surface area contributed by atoms with Crippen molar-refractivity contribution in [3.63, 3.8) is 0 Å². The van der Waals surface area contributed by atoms with Crippen LogP contribution >= 0.6 is 0 Å². The van der Waals surface area contributed by atoms with Crippen molar-refractivity contribution < 1.29 is 13.0 Å². The van der Waals surface area contributed by atoms with E-state index in [-0.39, 0.29) is 12.2 Å². The molecule has 0 spiro atoms. The Morgan fingerprint density at radius 2 is 1.90 bits per heavy atom. The molecule has 0 amide bonds. The van der Waals surface area contributed by atoms with Gasteiger partial charge in [0.1, 0.15) is 0 Å². The van der Waals surface area contributed by atoms with E-state index in [1.54, 1.807) is 0 Å². The smallest absolute Gasteiger partial charge is 0.197 e. The van der Waals surface area contributed by atoms with Crippen LogP contribution in [0, 0.1) is 11.8 Å². The van der Waals surface area contributed by atoms with Gasteiger partial charge in [0, 0.05) is 12.8 Å². The standard InChI is InChI=1S/C6H9O3S/c1-2-3-4-5-6-10(7,8)9/h2,5-6H2,1H3. The van der Waals surface area contributed by atoms with Crippen LogP contribution in [-0.4, -0.2) is 14.2 Å². The van der Waals surface area contributed by atoms with Crippen molar-refractivity contribution in [3.05, 3.63) is 0 Å². The lowest BCUT2D eigenvalue weighted by atomic mass is 10.4. The van der Waals surface area contributed by atoms with E-state index >= 15 is 0 Å². The largest absolute Gasteiger partial charge is 0.295 e. The van der Waals surface area contributed by atoms with Crippen LogP contribution in [-0.2, 0) is 14.7 Å². The normalized spacial score (nSPS) is 10.2. The van der Waals surface area contributed by atoms with Gasteiger partial charge in [-0.25, -0.2) is 0 Å². The Hall–Kier alpha value is -0.530. The average Bonchev–Trinajstić information content (AvgIpc) is 1.78. The minimum atomic E-state index is -4.06. The van der Waals surface area contributed by atoms with Gasteiger partial charge in [-0.1, -0.05) is 11.5 Å². The van der Waals surface area contributed by atoms with Gasteiger partial charge in [-0.05, 0) is 0 Å². The van der Waals surface area contributed by atoms with Gasteiger partial charge in [-0.15, -0.1) is 11.8 Å². The second-order valence-corrected chi connectivity index (χ2v) is 3.24. The molecular formula is C6H9O3S. The van der Waals surface area contributed by atoms with Gasteiger partial charge >= 0.3 is 0 Å². The maximum atomic E-state index is 9.97. The molecule has 4 heteroatoms. The maximum Gasteiger partial charge on any atom is 0.295 e. The van der Waals surface area contributed by atoms with E-state index in [0.29, 0.717) is 6.42 Å². The first kappa shape index (κ1) is 9.47. The minimum Gasteiger partial charge on any atom is -0.197 e. The van der Waals surface area contributed by atoms with Gasteiger partial charge in [0.15, 0.2) is 0 Å². The van der Waals surface area contributed by atoms with Crippen molar-refractivity contribution in [1.82, 2.24) is 0 Å². The number of hydrogen-bond acceptors (Lipinski definition) is 2. The summed E-state index contributed by atoms with van der Waals surface area (Å²) < 4.78 is 29.9. The van der Waals surface area contributed by atoms with Crippen LogP contribution in [0.1, 0.15) is 19.8 Å². The van der Waals surface area contributed by atoms with E-state index in [1.165, 1.54) is 0 Å². The van der Waals surface area contributed by atoms with Crippen LogP contribution in [0.5, 0.6) is 0 Å². The van der Waals surface area contributed by atoms with E-state index in [9.17, 15) is 13.0 Å². The molecule has 0 saturated heterocycles. The van der Waals surface area contributed by atoms with Gasteiger partial charge in [0.2, 0.25) is 0 Å². The van der Waals surface area contributed by atoms with Crippen molar-refractivity contribution in [2.45, 2.75) is 19.8 Å². The first-order chi connectivity index (χ1) is 4.56. The fourth-order valence-electron chi connectivity index (χ4n) is 0.389. The molecule has 0 aromatic heterocycles. The monoisotopic (exact) mass is 161 g/mol. The van der Waals surface area contributed by atoms with Crippen LogP contribution in [0.15, 0.2) is 0 Å². The van der Waals surface area contributed by atoms with Crippen molar-refractivity contribution >= 4 is 10.1 Å². The van der Waals surface area contributed by atoms with Crippen LogP contribution in [0.25, 0.3) is 0 Å². The van der Waals surface area contributed by atoms with Crippen LogP contribution < -0.4 is 0 Å². The topological polar surface area (TPSA) is 54.0 Å². The molecule has 1 radical (unpaired) electrons. The summed E-state index contributed by atoms with van der Waals surface area (Å²) in [4.78, 5) is 0. The lowest BCUT2D eigenvalue weighted by Crippen LogP contribution is -2.00. The van der Waals surface area contributed by atoms with Crippen molar-refractivity contribution in [2.24, 2.45) is 0 Å². The van der Waals surface area contributed by atoms with Gasteiger partial charge in [0.25, 0.3) is 10.1 Å². The molecular weight excluding hydrogens is 152 g/mol. The molecule has 0 N–H and O–H groups in total. The summed E-state index contributed by atoms with van der Waals surface area (Å²) in [6.45, 7) is 1.86.